The van der Waals surface area contributed by atoms with Crippen molar-refractivity contribution < 1.29 is 13.2 Å². The van der Waals surface area contributed by atoms with Crippen molar-refractivity contribution in [2.24, 2.45) is 0 Å². The minimum absolute atomic E-state index is 0.0299. The summed E-state index contributed by atoms with van der Waals surface area (Å²) in [5.74, 6) is 0. The molecular formula is C15H21BrF3N. The highest BCUT2D eigenvalue weighted by atomic mass is 79.9. The first-order valence-electron chi connectivity index (χ1n) is 6.98. The van der Waals surface area contributed by atoms with Gasteiger partial charge < -0.3 is 5.32 Å². The summed E-state index contributed by atoms with van der Waals surface area (Å²) in [6.45, 7) is 4.06. The molecule has 0 aliphatic rings. The van der Waals surface area contributed by atoms with Crippen LogP contribution < -0.4 is 5.32 Å². The molecule has 1 N–H and O–H groups in total. The number of benzene rings is 1. The Labute approximate surface area is 127 Å². The quantitative estimate of drug-likeness (QED) is 0.573. The highest BCUT2D eigenvalue weighted by Gasteiger charge is 2.33. The van der Waals surface area contributed by atoms with E-state index in [1.54, 1.807) is 0 Å². The van der Waals surface area contributed by atoms with Crippen LogP contribution in [0.5, 0.6) is 0 Å². The number of alkyl halides is 3. The monoisotopic (exact) mass is 351 g/mol. The second-order valence-corrected chi connectivity index (χ2v) is 6.00. The Hall–Kier alpha value is -0.710. The molecule has 1 aromatic carbocycles. The first kappa shape index (κ1) is 17.3. The SMILES string of the molecule is CCCCCCC(C)Nc1cc(Br)ccc1C(F)(F)F. The molecule has 1 unspecified atom stereocenters. The van der Waals surface area contributed by atoms with Crippen LogP contribution in [-0.2, 0) is 6.18 Å². The Bertz CT molecular complexity index is 418. The van der Waals surface area contributed by atoms with E-state index in [1.807, 2.05) is 6.92 Å². The largest absolute Gasteiger partial charge is 0.418 e. The zero-order valence-electron chi connectivity index (χ0n) is 11.9. The normalized spacial score (nSPS) is 13.3. The molecule has 1 atom stereocenters. The first-order valence-corrected chi connectivity index (χ1v) is 7.77. The van der Waals surface area contributed by atoms with Crippen molar-refractivity contribution >= 4 is 21.6 Å². The maximum Gasteiger partial charge on any atom is 0.418 e. The van der Waals surface area contributed by atoms with E-state index in [-0.39, 0.29) is 11.7 Å². The van der Waals surface area contributed by atoms with Crippen LogP contribution in [0.1, 0.15) is 51.5 Å². The Morgan fingerprint density at radius 2 is 1.90 bits per heavy atom. The summed E-state index contributed by atoms with van der Waals surface area (Å²) in [6, 6.07) is 4.05. The number of halogens is 4. The summed E-state index contributed by atoms with van der Waals surface area (Å²) in [7, 11) is 0. The molecule has 114 valence electrons. The van der Waals surface area contributed by atoms with Crippen molar-refractivity contribution in [2.75, 3.05) is 5.32 Å². The number of hydrogen-bond acceptors (Lipinski definition) is 1. The highest BCUT2D eigenvalue weighted by molar-refractivity contribution is 9.10. The topological polar surface area (TPSA) is 12.0 Å². The van der Waals surface area contributed by atoms with Gasteiger partial charge in [0, 0.05) is 16.2 Å². The van der Waals surface area contributed by atoms with Crippen molar-refractivity contribution in [1.82, 2.24) is 0 Å². The maximum atomic E-state index is 12.9. The molecule has 0 amide bonds. The Balaban J connectivity index is 2.68. The number of nitrogens with one attached hydrogen (secondary N) is 1. The molecular weight excluding hydrogens is 331 g/mol. The molecule has 20 heavy (non-hydrogen) atoms. The fourth-order valence-corrected chi connectivity index (χ4v) is 2.46. The van der Waals surface area contributed by atoms with E-state index in [0.29, 0.717) is 4.47 Å². The van der Waals surface area contributed by atoms with Crippen LogP contribution in [0.3, 0.4) is 0 Å². The van der Waals surface area contributed by atoms with Gasteiger partial charge in [0.25, 0.3) is 0 Å². The number of anilines is 1. The van der Waals surface area contributed by atoms with Gasteiger partial charge in [-0.15, -0.1) is 0 Å². The van der Waals surface area contributed by atoms with Crippen LogP contribution in [0, 0.1) is 0 Å². The van der Waals surface area contributed by atoms with Crippen molar-refractivity contribution in [2.45, 2.75) is 58.2 Å². The van der Waals surface area contributed by atoms with Gasteiger partial charge in [-0.1, -0.05) is 48.5 Å². The van der Waals surface area contributed by atoms with Crippen LogP contribution in [0.4, 0.5) is 18.9 Å². The molecule has 0 saturated heterocycles. The number of unbranched alkanes of at least 4 members (excludes halogenated alkanes) is 3. The summed E-state index contributed by atoms with van der Waals surface area (Å²) < 4.78 is 39.4. The molecule has 1 nitrogen and oxygen atoms in total. The Morgan fingerprint density at radius 3 is 2.50 bits per heavy atom. The second-order valence-electron chi connectivity index (χ2n) is 5.08. The van der Waals surface area contributed by atoms with Crippen molar-refractivity contribution in [3.05, 3.63) is 28.2 Å². The maximum absolute atomic E-state index is 12.9. The number of rotatable bonds is 7. The fourth-order valence-electron chi connectivity index (χ4n) is 2.10. The molecule has 0 heterocycles. The van der Waals surface area contributed by atoms with Gasteiger partial charge >= 0.3 is 6.18 Å². The average molecular weight is 352 g/mol. The van der Waals surface area contributed by atoms with Gasteiger partial charge in [-0.3, -0.25) is 0 Å². The van der Waals surface area contributed by atoms with Crippen LogP contribution >= 0.6 is 15.9 Å². The summed E-state index contributed by atoms with van der Waals surface area (Å²) in [6.07, 6.45) is 1.06. The number of hydrogen-bond donors (Lipinski definition) is 1. The average Bonchev–Trinajstić information content (AvgIpc) is 2.33. The van der Waals surface area contributed by atoms with Gasteiger partial charge in [0.2, 0.25) is 0 Å². The third-order valence-electron chi connectivity index (χ3n) is 3.18. The zero-order chi connectivity index (χ0) is 15.2. The molecule has 0 bridgehead atoms. The minimum Gasteiger partial charge on any atom is -0.382 e. The molecule has 1 rings (SSSR count). The van der Waals surface area contributed by atoms with E-state index in [2.05, 4.69) is 28.2 Å². The molecule has 0 spiro atoms. The summed E-state index contributed by atoms with van der Waals surface area (Å²) in [5.41, 5.74) is -0.462. The van der Waals surface area contributed by atoms with Gasteiger partial charge in [0.1, 0.15) is 0 Å². The molecule has 0 radical (unpaired) electrons. The standard InChI is InChI=1S/C15H21BrF3N/c1-3-4-5-6-7-11(2)20-14-10-12(16)8-9-13(14)15(17,18)19/h8-11,20H,3-7H2,1-2H3. The van der Waals surface area contributed by atoms with Crippen LogP contribution in [0.2, 0.25) is 0 Å². The fraction of sp³-hybridized carbons (Fsp3) is 0.600. The van der Waals surface area contributed by atoms with Crippen LogP contribution in [0.25, 0.3) is 0 Å². The zero-order valence-corrected chi connectivity index (χ0v) is 13.4. The van der Waals surface area contributed by atoms with Gasteiger partial charge in [-0.05, 0) is 31.5 Å². The lowest BCUT2D eigenvalue weighted by Crippen LogP contribution is -2.18. The molecule has 1 aromatic rings. The molecule has 0 aliphatic heterocycles. The third kappa shape index (κ3) is 5.73. The van der Waals surface area contributed by atoms with Gasteiger partial charge in [0.05, 0.1) is 5.56 Å². The molecule has 5 heteroatoms. The lowest BCUT2D eigenvalue weighted by atomic mass is 10.1. The van der Waals surface area contributed by atoms with E-state index < -0.39 is 11.7 Å². The summed E-state index contributed by atoms with van der Waals surface area (Å²) in [5, 5.41) is 2.98. The summed E-state index contributed by atoms with van der Waals surface area (Å²) in [4.78, 5) is 0. The van der Waals surface area contributed by atoms with E-state index in [1.165, 1.54) is 18.6 Å². The van der Waals surface area contributed by atoms with Crippen molar-refractivity contribution in [3.63, 3.8) is 0 Å². The van der Waals surface area contributed by atoms with E-state index in [0.717, 1.165) is 31.7 Å². The predicted molar refractivity (Wildman–Crippen MR) is 81.0 cm³/mol. The lowest BCUT2D eigenvalue weighted by molar-refractivity contribution is -0.137. The van der Waals surface area contributed by atoms with E-state index >= 15 is 0 Å². The van der Waals surface area contributed by atoms with Crippen LogP contribution in [0.15, 0.2) is 22.7 Å². The highest BCUT2D eigenvalue weighted by Crippen LogP contribution is 2.36. The molecule has 0 aromatic heterocycles. The van der Waals surface area contributed by atoms with Crippen molar-refractivity contribution in [1.29, 1.82) is 0 Å². The van der Waals surface area contributed by atoms with Crippen LogP contribution in [-0.4, -0.2) is 6.04 Å². The van der Waals surface area contributed by atoms with Gasteiger partial charge in [-0.2, -0.15) is 13.2 Å². The second kappa shape index (κ2) is 7.91. The molecule has 0 fully saturated rings. The molecule has 0 saturated carbocycles. The summed E-state index contributed by atoms with van der Waals surface area (Å²) >= 11 is 3.22. The Morgan fingerprint density at radius 1 is 1.20 bits per heavy atom. The molecule has 0 aliphatic carbocycles. The van der Waals surface area contributed by atoms with Gasteiger partial charge in [0.15, 0.2) is 0 Å². The third-order valence-corrected chi connectivity index (χ3v) is 3.67. The van der Waals surface area contributed by atoms with Gasteiger partial charge in [-0.25, -0.2) is 0 Å². The predicted octanol–water partition coefficient (Wildman–Crippen LogP) is 6.24. The van der Waals surface area contributed by atoms with E-state index in [9.17, 15) is 13.2 Å². The van der Waals surface area contributed by atoms with E-state index in [4.69, 9.17) is 0 Å². The van der Waals surface area contributed by atoms with Crippen molar-refractivity contribution in [3.8, 4) is 0 Å². The lowest BCUT2D eigenvalue weighted by Gasteiger charge is -2.19. The Kier molecular flexibility index (Phi) is 6.86. The minimum atomic E-state index is -4.33. The smallest absolute Gasteiger partial charge is 0.382 e. The first-order chi connectivity index (χ1) is 9.34.